The van der Waals surface area contributed by atoms with Gasteiger partial charge in [-0.25, -0.2) is 0 Å². The second kappa shape index (κ2) is 16.7. The number of aromatic nitrogens is 2. The molecule has 0 amide bonds. The summed E-state index contributed by atoms with van der Waals surface area (Å²) in [6, 6.07) is 100. The third kappa shape index (κ3) is 6.28. The van der Waals surface area contributed by atoms with Gasteiger partial charge in [-0.2, -0.15) is 0 Å². The van der Waals surface area contributed by atoms with Crippen molar-refractivity contribution in [3.05, 3.63) is 267 Å². The van der Waals surface area contributed by atoms with Crippen LogP contribution in [0.15, 0.2) is 267 Å². The van der Waals surface area contributed by atoms with Crippen LogP contribution in [0.3, 0.4) is 0 Å². The number of benzene rings is 13. The minimum absolute atomic E-state index is 1.21. The first-order chi connectivity index (χ1) is 40.6. The molecule has 82 heavy (non-hydrogen) atoms. The number of hydrogen-bond acceptors (Lipinski definition) is 2. The largest absolute Gasteiger partial charge is 0.308 e. The Hall–Kier alpha value is -10.1. The van der Waals surface area contributed by atoms with E-state index in [1.165, 1.54) is 183 Å². The SMILES string of the molecule is c1ccc(-c2cc(-c3ccccc3)cc(-c3ccc4c(c3)c3c5sc6ccccc6c5cc5c6cc7c(cc6n4c53)c3cc4c5ccccc5sc4c4c5cc(-c6cc(-c8ccccc8)cc(-c8ccccc8)c6)ccc5n7c34)c2)cc1. The number of thiophene rings is 2. The lowest BCUT2D eigenvalue weighted by Gasteiger charge is -2.12. The van der Waals surface area contributed by atoms with Crippen molar-refractivity contribution in [3.63, 3.8) is 0 Å². The Bertz CT molecular complexity index is 5370. The molecular formula is C78H44N2S2. The number of nitrogens with zero attached hydrogens (tertiary/aromatic N) is 2. The summed E-state index contributed by atoms with van der Waals surface area (Å²) in [6.45, 7) is 0. The fourth-order valence-electron chi connectivity index (χ4n) is 14.2. The molecule has 0 saturated heterocycles. The Morgan fingerprint density at radius 2 is 0.524 bits per heavy atom. The summed E-state index contributed by atoms with van der Waals surface area (Å²) in [5.41, 5.74) is 22.1. The number of rotatable bonds is 6. The fourth-order valence-corrected chi connectivity index (χ4v) is 16.7. The lowest BCUT2D eigenvalue weighted by atomic mass is 9.92. The standard InChI is InChI=1S/C78H44N2S2/c1-5-17-45(18-6-1)51-33-52(46-19-7-2-8-20-46)36-55(35-51)49-29-31-67-65(39-49)73-75-61(41-63-57-25-13-15-27-71(57)81-77(63)73)59-44-70-60(43-69(59)79(67)75)62-42-64-58-26-14-16-28-72(58)82-78(64)74-66-40-50(30-32-68(66)80(70)76(62)74)56-37-53(47-21-9-3-10-22-47)34-54(38-56)48-23-11-4-12-24-48/h1-44H. The number of hydrogen-bond donors (Lipinski definition) is 0. The van der Waals surface area contributed by atoms with Gasteiger partial charge in [-0.1, -0.05) is 170 Å². The molecule has 0 atom stereocenters. The van der Waals surface area contributed by atoms with Gasteiger partial charge in [0.25, 0.3) is 0 Å². The van der Waals surface area contributed by atoms with E-state index >= 15 is 0 Å². The molecule has 0 spiro atoms. The Balaban J connectivity index is 0.894. The van der Waals surface area contributed by atoms with Crippen LogP contribution in [0.2, 0.25) is 0 Å². The second-order valence-corrected chi connectivity index (χ2v) is 24.4. The molecule has 2 nitrogen and oxygen atoms in total. The zero-order chi connectivity index (χ0) is 53.3. The highest BCUT2D eigenvalue weighted by molar-refractivity contribution is 7.27. The first kappa shape index (κ1) is 44.7. The Morgan fingerprint density at radius 3 is 0.890 bits per heavy atom. The van der Waals surface area contributed by atoms with Gasteiger partial charge in [-0.3, -0.25) is 0 Å². The lowest BCUT2D eigenvalue weighted by molar-refractivity contribution is 1.36. The van der Waals surface area contributed by atoms with Crippen LogP contribution < -0.4 is 0 Å². The molecule has 0 unspecified atom stereocenters. The highest BCUT2D eigenvalue weighted by atomic mass is 32.1. The number of fused-ring (bicyclic) bond motifs is 20. The van der Waals surface area contributed by atoms with E-state index < -0.39 is 0 Å². The van der Waals surface area contributed by atoms with Gasteiger partial charge in [-0.05, 0) is 164 Å². The Labute approximate surface area is 478 Å². The first-order valence-electron chi connectivity index (χ1n) is 28.2. The van der Waals surface area contributed by atoms with Crippen molar-refractivity contribution >= 4 is 139 Å². The monoisotopic (exact) mass is 1070 g/mol. The van der Waals surface area contributed by atoms with E-state index in [-0.39, 0.29) is 0 Å². The third-order valence-corrected chi connectivity index (χ3v) is 20.3. The Morgan fingerprint density at radius 1 is 0.195 bits per heavy atom. The van der Waals surface area contributed by atoms with E-state index in [0.717, 1.165) is 0 Å². The van der Waals surface area contributed by atoms with Gasteiger partial charge in [0.15, 0.2) is 0 Å². The predicted molar refractivity (Wildman–Crippen MR) is 354 cm³/mol. The van der Waals surface area contributed by atoms with Crippen LogP contribution in [0.1, 0.15) is 0 Å². The molecule has 6 aromatic heterocycles. The topological polar surface area (TPSA) is 8.82 Å². The summed E-state index contributed by atoms with van der Waals surface area (Å²) in [7, 11) is 0. The van der Waals surface area contributed by atoms with Gasteiger partial charge in [-0.15, -0.1) is 22.7 Å². The first-order valence-corrected chi connectivity index (χ1v) is 29.8. The van der Waals surface area contributed by atoms with Crippen LogP contribution in [0.5, 0.6) is 0 Å². The van der Waals surface area contributed by atoms with Crippen molar-refractivity contribution in [1.82, 2.24) is 8.80 Å². The zero-order valence-electron chi connectivity index (χ0n) is 44.1. The Kier molecular flexibility index (Phi) is 9.12. The fraction of sp³-hybridized carbons (Fsp3) is 0. The van der Waals surface area contributed by atoms with Crippen molar-refractivity contribution in [1.29, 1.82) is 0 Å². The van der Waals surface area contributed by atoms with Gasteiger partial charge < -0.3 is 8.80 Å². The highest BCUT2D eigenvalue weighted by Crippen LogP contribution is 2.53. The summed E-state index contributed by atoms with van der Waals surface area (Å²) in [5.74, 6) is 0. The lowest BCUT2D eigenvalue weighted by Crippen LogP contribution is -1.87. The molecule has 4 heteroatoms. The summed E-state index contributed by atoms with van der Waals surface area (Å²) in [4.78, 5) is 0. The molecule has 13 aromatic carbocycles. The maximum Gasteiger partial charge on any atom is 0.0635 e. The summed E-state index contributed by atoms with van der Waals surface area (Å²) in [5, 5.41) is 15.7. The van der Waals surface area contributed by atoms with Crippen LogP contribution in [0.25, 0.3) is 183 Å². The normalized spacial score (nSPS) is 12.4. The van der Waals surface area contributed by atoms with Crippen LogP contribution in [0, 0.1) is 0 Å². The molecule has 19 rings (SSSR count). The average Bonchev–Trinajstić information content (AvgIpc) is 1.88. The molecule has 0 aliphatic carbocycles. The molecule has 0 N–H and O–H groups in total. The van der Waals surface area contributed by atoms with Gasteiger partial charge in [0.2, 0.25) is 0 Å². The highest BCUT2D eigenvalue weighted by Gasteiger charge is 2.27. The van der Waals surface area contributed by atoms with E-state index in [9.17, 15) is 0 Å². The molecule has 0 bridgehead atoms. The summed E-state index contributed by atoms with van der Waals surface area (Å²) in [6.07, 6.45) is 0. The molecule has 0 saturated carbocycles. The quantitative estimate of drug-likeness (QED) is 0.157. The van der Waals surface area contributed by atoms with E-state index in [1.54, 1.807) is 0 Å². The van der Waals surface area contributed by atoms with Crippen LogP contribution in [-0.2, 0) is 0 Å². The van der Waals surface area contributed by atoms with E-state index in [4.69, 9.17) is 0 Å². The summed E-state index contributed by atoms with van der Waals surface area (Å²) < 4.78 is 10.6. The third-order valence-electron chi connectivity index (χ3n) is 17.9. The smallest absolute Gasteiger partial charge is 0.0635 e. The molecule has 6 heterocycles. The van der Waals surface area contributed by atoms with Crippen molar-refractivity contribution in [3.8, 4) is 66.8 Å². The average molecular weight is 1070 g/mol. The van der Waals surface area contributed by atoms with Crippen molar-refractivity contribution in [2.75, 3.05) is 0 Å². The second-order valence-electron chi connectivity index (χ2n) is 22.3. The van der Waals surface area contributed by atoms with Gasteiger partial charge in [0.05, 0.1) is 33.1 Å². The minimum atomic E-state index is 1.21. The van der Waals surface area contributed by atoms with Gasteiger partial charge in [0.1, 0.15) is 0 Å². The van der Waals surface area contributed by atoms with E-state index in [2.05, 4.69) is 276 Å². The van der Waals surface area contributed by atoms with Crippen molar-refractivity contribution in [2.24, 2.45) is 0 Å². The maximum atomic E-state index is 2.61. The van der Waals surface area contributed by atoms with Crippen LogP contribution in [0.4, 0.5) is 0 Å². The van der Waals surface area contributed by atoms with Gasteiger partial charge >= 0.3 is 0 Å². The molecule has 378 valence electrons. The molecular weight excluding hydrogens is 1030 g/mol. The van der Waals surface area contributed by atoms with Crippen LogP contribution in [-0.4, -0.2) is 8.80 Å². The van der Waals surface area contributed by atoms with E-state index in [0.29, 0.717) is 0 Å². The maximum absolute atomic E-state index is 2.61. The molecule has 0 aliphatic heterocycles. The summed E-state index contributed by atoms with van der Waals surface area (Å²) >= 11 is 3.86. The van der Waals surface area contributed by atoms with Crippen molar-refractivity contribution in [2.45, 2.75) is 0 Å². The molecule has 0 fully saturated rings. The molecule has 0 aliphatic rings. The zero-order valence-corrected chi connectivity index (χ0v) is 45.7. The van der Waals surface area contributed by atoms with Gasteiger partial charge in [0, 0.05) is 83.4 Å². The van der Waals surface area contributed by atoms with E-state index in [1.807, 2.05) is 22.7 Å². The molecule has 0 radical (unpaired) electrons. The minimum Gasteiger partial charge on any atom is -0.308 e. The van der Waals surface area contributed by atoms with Crippen LogP contribution >= 0.6 is 22.7 Å². The predicted octanol–water partition coefficient (Wildman–Crippen LogP) is 22.7. The van der Waals surface area contributed by atoms with Crippen molar-refractivity contribution < 1.29 is 0 Å². The molecule has 19 aromatic rings.